The van der Waals surface area contributed by atoms with E-state index in [2.05, 4.69) is 10.6 Å². The number of hydrogen-bond donors (Lipinski definition) is 3. The second-order valence-electron chi connectivity index (χ2n) is 9.20. The second kappa shape index (κ2) is 14.5. The van der Waals surface area contributed by atoms with Crippen molar-refractivity contribution >= 4 is 29.7 Å². The predicted octanol–water partition coefficient (Wildman–Crippen LogP) is 3.66. The van der Waals surface area contributed by atoms with Crippen LogP contribution in [0.3, 0.4) is 0 Å². The van der Waals surface area contributed by atoms with Gasteiger partial charge in [0.05, 0.1) is 6.07 Å². The summed E-state index contributed by atoms with van der Waals surface area (Å²) in [4.78, 5) is 40.6. The molecule has 3 amide bonds. The molecule has 1 rings (SSSR count). The van der Waals surface area contributed by atoms with E-state index in [9.17, 15) is 24.8 Å². The van der Waals surface area contributed by atoms with Crippen molar-refractivity contribution in [3.05, 3.63) is 29.3 Å². The fourth-order valence-electron chi connectivity index (χ4n) is 3.32. The maximum Gasteiger partial charge on any atom is 0.408 e. The quantitative estimate of drug-likeness (QED) is 0.291. The summed E-state index contributed by atoms with van der Waals surface area (Å²) in [6, 6.07) is 4.50. The number of rotatable bonds is 12. The van der Waals surface area contributed by atoms with E-state index < -0.39 is 35.6 Å². The molecule has 2 atom stereocenters. The highest BCUT2D eigenvalue weighted by Crippen LogP contribution is 2.27. The van der Waals surface area contributed by atoms with Crippen molar-refractivity contribution in [2.75, 3.05) is 25.1 Å². The Labute approximate surface area is 212 Å². The van der Waals surface area contributed by atoms with Crippen LogP contribution in [0.25, 0.3) is 0 Å². The van der Waals surface area contributed by atoms with Crippen LogP contribution in [0.5, 0.6) is 5.75 Å². The third-order valence-corrected chi connectivity index (χ3v) is 5.69. The maximum absolute atomic E-state index is 13.7. The zero-order valence-corrected chi connectivity index (χ0v) is 22.3. The van der Waals surface area contributed by atoms with E-state index in [0.717, 1.165) is 12.8 Å². The Bertz CT molecular complexity index is 910. The average Bonchev–Trinajstić information content (AvgIpc) is 2.77. The second-order valence-corrected chi connectivity index (χ2v) is 10.2. The molecule has 0 saturated carbocycles. The van der Waals surface area contributed by atoms with Gasteiger partial charge >= 0.3 is 6.09 Å². The number of unbranched alkanes of at least 4 members (excludes halogenated alkanes) is 1. The molecule has 0 aliphatic carbocycles. The Morgan fingerprint density at radius 3 is 2.51 bits per heavy atom. The van der Waals surface area contributed by atoms with Crippen LogP contribution in [0, 0.1) is 18.3 Å². The van der Waals surface area contributed by atoms with Crippen LogP contribution >= 0.6 is 11.8 Å². The van der Waals surface area contributed by atoms with Crippen molar-refractivity contribution in [1.29, 1.82) is 5.26 Å². The van der Waals surface area contributed by atoms with Crippen LogP contribution in [0.15, 0.2) is 18.2 Å². The van der Waals surface area contributed by atoms with Crippen molar-refractivity contribution in [1.82, 2.24) is 15.5 Å². The normalized spacial score (nSPS) is 12.7. The van der Waals surface area contributed by atoms with Crippen molar-refractivity contribution in [3.8, 4) is 11.8 Å². The van der Waals surface area contributed by atoms with Crippen LogP contribution in [0.1, 0.15) is 64.1 Å². The summed E-state index contributed by atoms with van der Waals surface area (Å²) in [5.41, 5.74) is 0.234. The predicted molar refractivity (Wildman–Crippen MR) is 137 cm³/mol. The minimum atomic E-state index is -1.12. The highest BCUT2D eigenvalue weighted by Gasteiger charge is 2.36. The number of aryl methyl sites for hydroxylation is 1. The van der Waals surface area contributed by atoms with Crippen molar-refractivity contribution in [3.63, 3.8) is 0 Å². The van der Waals surface area contributed by atoms with Gasteiger partial charge < -0.3 is 25.4 Å². The summed E-state index contributed by atoms with van der Waals surface area (Å²) in [5, 5.41) is 25.0. The number of carbonyl (C=O) groups is 3. The number of benzene rings is 1. The highest BCUT2D eigenvalue weighted by atomic mass is 32.2. The fourth-order valence-corrected chi connectivity index (χ4v) is 3.79. The molecule has 0 spiro atoms. The third-order valence-electron chi connectivity index (χ3n) is 5.05. The largest absolute Gasteiger partial charge is 0.508 e. The Morgan fingerprint density at radius 1 is 1.29 bits per heavy atom. The van der Waals surface area contributed by atoms with Gasteiger partial charge in [0.1, 0.15) is 30.0 Å². The van der Waals surface area contributed by atoms with Crippen LogP contribution in [-0.4, -0.2) is 64.7 Å². The van der Waals surface area contributed by atoms with Crippen LogP contribution < -0.4 is 10.6 Å². The molecule has 194 valence electrons. The van der Waals surface area contributed by atoms with Crippen molar-refractivity contribution in [2.24, 2.45) is 0 Å². The summed E-state index contributed by atoms with van der Waals surface area (Å²) < 4.78 is 5.33. The van der Waals surface area contributed by atoms with Crippen molar-refractivity contribution < 1.29 is 24.2 Å². The number of amides is 3. The number of aromatic hydroxyl groups is 1. The lowest BCUT2D eigenvalue weighted by Crippen LogP contribution is -2.53. The third kappa shape index (κ3) is 10.1. The van der Waals surface area contributed by atoms with Gasteiger partial charge in [-0.05, 0) is 75.8 Å². The minimum absolute atomic E-state index is 0.0569. The smallest absolute Gasteiger partial charge is 0.408 e. The molecule has 10 heteroatoms. The first-order chi connectivity index (χ1) is 16.4. The number of phenols is 1. The average molecular weight is 507 g/mol. The number of nitrogens with zero attached hydrogens (tertiary/aromatic N) is 2. The van der Waals surface area contributed by atoms with Gasteiger partial charge in [0.15, 0.2) is 0 Å². The fraction of sp³-hybridized carbons (Fsp3) is 0.600. The van der Waals surface area contributed by atoms with Gasteiger partial charge in [-0.3, -0.25) is 9.59 Å². The summed E-state index contributed by atoms with van der Waals surface area (Å²) in [7, 11) is 0. The minimum Gasteiger partial charge on any atom is -0.508 e. The Kier molecular flexibility index (Phi) is 12.4. The van der Waals surface area contributed by atoms with Gasteiger partial charge in [-0.15, -0.1) is 0 Å². The molecular weight excluding hydrogens is 468 g/mol. The Morgan fingerprint density at radius 2 is 1.97 bits per heavy atom. The molecule has 0 radical (unpaired) electrons. The van der Waals surface area contributed by atoms with E-state index in [0.29, 0.717) is 29.8 Å². The van der Waals surface area contributed by atoms with E-state index in [1.165, 1.54) is 22.7 Å². The van der Waals surface area contributed by atoms with Gasteiger partial charge in [0, 0.05) is 6.54 Å². The number of phenolic OH excluding ortho intramolecular Hbond substituents is 1. The molecule has 0 bridgehead atoms. The molecule has 0 saturated heterocycles. The number of hydrogen-bond acceptors (Lipinski definition) is 7. The maximum atomic E-state index is 13.7. The molecule has 0 heterocycles. The lowest BCUT2D eigenvalue weighted by atomic mass is 10.00. The van der Waals surface area contributed by atoms with Crippen molar-refractivity contribution in [2.45, 2.75) is 71.6 Å². The molecule has 0 fully saturated rings. The molecule has 0 aliphatic rings. The molecule has 0 aromatic heterocycles. The molecular formula is C25H38N4O5S. The number of ether oxygens (including phenoxy) is 1. The van der Waals surface area contributed by atoms with Gasteiger partial charge in [-0.25, -0.2) is 4.79 Å². The standard InChI is InChI=1S/C25H38N4O5S/c1-7-8-13-27-22(31)21(18-9-10-20(30)17(2)16-18)29(14-12-26)23(32)19(11-15-35-6)28-24(33)34-25(3,4)5/h9-10,16,19,21,30H,7-8,11,13-15H2,1-6H3,(H,27,31)(H,28,33). The van der Waals surface area contributed by atoms with Gasteiger partial charge in [0.25, 0.3) is 0 Å². The molecule has 1 aromatic carbocycles. The van der Waals surface area contributed by atoms with Crippen LogP contribution in [0.4, 0.5) is 4.79 Å². The molecule has 2 unspecified atom stereocenters. The lowest BCUT2D eigenvalue weighted by Gasteiger charge is -2.33. The zero-order chi connectivity index (χ0) is 26.6. The number of alkyl carbamates (subject to hydrolysis) is 1. The van der Waals surface area contributed by atoms with Crippen LogP contribution in [0.2, 0.25) is 0 Å². The molecule has 35 heavy (non-hydrogen) atoms. The van der Waals surface area contributed by atoms with Gasteiger partial charge in [0.2, 0.25) is 11.8 Å². The number of carbonyl (C=O) groups excluding carboxylic acids is 3. The SMILES string of the molecule is CCCCNC(=O)C(c1ccc(O)c(C)c1)N(CC#N)C(=O)C(CCSC)NC(=O)OC(C)(C)C. The molecule has 1 aromatic rings. The first-order valence-corrected chi connectivity index (χ1v) is 13.1. The first kappa shape index (κ1) is 30.1. The lowest BCUT2D eigenvalue weighted by molar-refractivity contribution is -0.141. The summed E-state index contributed by atoms with van der Waals surface area (Å²) in [5.74, 6) is -0.375. The van der Waals surface area contributed by atoms with E-state index in [-0.39, 0.29) is 12.3 Å². The molecule has 9 nitrogen and oxygen atoms in total. The van der Waals surface area contributed by atoms with Crippen LogP contribution in [-0.2, 0) is 14.3 Å². The van der Waals surface area contributed by atoms with Gasteiger partial charge in [-0.1, -0.05) is 19.4 Å². The topological polar surface area (TPSA) is 132 Å². The summed E-state index contributed by atoms with van der Waals surface area (Å²) in [6.45, 7) is 8.90. The van der Waals surface area contributed by atoms with E-state index in [1.807, 2.05) is 19.2 Å². The number of nitriles is 1. The molecule has 3 N–H and O–H groups in total. The zero-order valence-electron chi connectivity index (χ0n) is 21.5. The summed E-state index contributed by atoms with van der Waals surface area (Å²) >= 11 is 1.51. The molecule has 0 aliphatic heterocycles. The number of thioether (sulfide) groups is 1. The van der Waals surface area contributed by atoms with E-state index in [1.54, 1.807) is 39.8 Å². The van der Waals surface area contributed by atoms with E-state index in [4.69, 9.17) is 4.74 Å². The Balaban J connectivity index is 3.41. The van der Waals surface area contributed by atoms with E-state index >= 15 is 0 Å². The first-order valence-electron chi connectivity index (χ1n) is 11.7. The summed E-state index contributed by atoms with van der Waals surface area (Å²) in [6.07, 6.45) is 3.06. The van der Waals surface area contributed by atoms with Gasteiger partial charge in [-0.2, -0.15) is 17.0 Å². The monoisotopic (exact) mass is 506 g/mol. The number of nitrogens with one attached hydrogen (secondary N) is 2. The highest BCUT2D eigenvalue weighted by molar-refractivity contribution is 7.98. The Hall–Kier alpha value is -2.93.